The van der Waals surface area contributed by atoms with Crippen molar-refractivity contribution in [1.82, 2.24) is 0 Å². The van der Waals surface area contributed by atoms with Crippen LogP contribution in [0.4, 0.5) is 17.1 Å². The number of hydrogen-bond donors (Lipinski definition) is 2. The third kappa shape index (κ3) is 5.83. The molecule has 0 aliphatic carbocycles. The Morgan fingerprint density at radius 2 is 1.63 bits per heavy atom. The van der Waals surface area contributed by atoms with E-state index >= 15 is 0 Å². The van der Waals surface area contributed by atoms with Crippen molar-refractivity contribution in [3.8, 4) is 0 Å². The Labute approximate surface area is 233 Å². The summed E-state index contributed by atoms with van der Waals surface area (Å²) in [6, 6.07) is 16.9. The highest BCUT2D eigenvalue weighted by Gasteiger charge is 2.39. The predicted molar refractivity (Wildman–Crippen MR) is 147 cm³/mol. The van der Waals surface area contributed by atoms with Crippen molar-refractivity contribution in [3.05, 3.63) is 98.6 Å². The van der Waals surface area contributed by atoms with E-state index in [1.165, 1.54) is 36.4 Å². The van der Waals surface area contributed by atoms with Gasteiger partial charge in [0.15, 0.2) is 0 Å². The number of ether oxygens (including phenoxy) is 1. The first-order valence-corrected chi connectivity index (χ1v) is 12.5. The number of imide groups is 1. The molecule has 3 aromatic carbocycles. The molecular formula is C27H20Cl3N3O5. The third-order valence-corrected chi connectivity index (χ3v) is 6.28. The van der Waals surface area contributed by atoms with Crippen molar-refractivity contribution >= 4 is 75.6 Å². The van der Waals surface area contributed by atoms with Crippen LogP contribution in [0.2, 0.25) is 10.0 Å². The van der Waals surface area contributed by atoms with Crippen molar-refractivity contribution in [3.63, 3.8) is 0 Å². The molecule has 0 spiro atoms. The Morgan fingerprint density at radius 1 is 0.895 bits per heavy atom. The first-order valence-electron chi connectivity index (χ1n) is 11.4. The van der Waals surface area contributed by atoms with Gasteiger partial charge in [0.2, 0.25) is 0 Å². The molecule has 38 heavy (non-hydrogen) atoms. The van der Waals surface area contributed by atoms with E-state index in [1.807, 2.05) is 6.92 Å². The largest absolute Gasteiger partial charge is 0.462 e. The second kappa shape index (κ2) is 11.7. The number of anilines is 3. The minimum Gasteiger partial charge on any atom is -0.462 e. The molecule has 4 rings (SSSR count). The lowest BCUT2D eigenvalue weighted by atomic mass is 10.1. The Morgan fingerprint density at radius 3 is 2.37 bits per heavy atom. The van der Waals surface area contributed by atoms with Gasteiger partial charge in [-0.05, 0) is 61.0 Å². The van der Waals surface area contributed by atoms with Gasteiger partial charge in [0.1, 0.15) is 10.7 Å². The summed E-state index contributed by atoms with van der Waals surface area (Å²) in [6.45, 7) is 2.11. The lowest BCUT2D eigenvalue weighted by Gasteiger charge is -2.16. The summed E-state index contributed by atoms with van der Waals surface area (Å²) < 4.78 is 5.13. The fourth-order valence-corrected chi connectivity index (χ4v) is 4.23. The van der Waals surface area contributed by atoms with Crippen molar-refractivity contribution in [2.75, 3.05) is 22.1 Å². The summed E-state index contributed by atoms with van der Waals surface area (Å²) in [4.78, 5) is 51.9. The van der Waals surface area contributed by atoms with Gasteiger partial charge in [-0.25, -0.2) is 9.69 Å². The van der Waals surface area contributed by atoms with Crippen molar-refractivity contribution < 1.29 is 23.9 Å². The summed E-state index contributed by atoms with van der Waals surface area (Å²) in [5.74, 6) is -2.51. The molecule has 0 saturated carbocycles. The molecule has 0 unspecified atom stereocenters. The molecule has 11 heteroatoms. The lowest BCUT2D eigenvalue weighted by molar-refractivity contribution is -0.120. The summed E-state index contributed by atoms with van der Waals surface area (Å²) in [5.41, 5.74) is 1.15. The fraction of sp³-hybridized carbons (Fsp3) is 0.111. The van der Waals surface area contributed by atoms with E-state index in [2.05, 4.69) is 10.6 Å². The first-order chi connectivity index (χ1) is 18.2. The molecule has 2 N–H and O–H groups in total. The van der Waals surface area contributed by atoms with Crippen LogP contribution in [-0.2, 0) is 14.3 Å². The standard InChI is InChI=1S/C27H20Cl3N3O5/c1-2-11-38-27(37)16-6-4-8-19(13-16)33-25(35)22(30)23(26(33)36)31-18-7-3-5-15(12-18)24(34)32-21-10-9-17(28)14-20(21)29/h3-10,12-14,31H,2,11H2,1H3,(H,32,34). The molecule has 1 aliphatic heterocycles. The average Bonchev–Trinajstić information content (AvgIpc) is 3.11. The van der Waals surface area contributed by atoms with Gasteiger partial charge >= 0.3 is 5.97 Å². The highest BCUT2D eigenvalue weighted by molar-refractivity contribution is 6.53. The summed E-state index contributed by atoms with van der Waals surface area (Å²) in [7, 11) is 0. The number of carbonyl (C=O) groups is 4. The van der Waals surface area contributed by atoms with Crippen LogP contribution in [-0.4, -0.2) is 30.3 Å². The maximum atomic E-state index is 13.2. The zero-order valence-corrected chi connectivity index (χ0v) is 22.2. The van der Waals surface area contributed by atoms with Crippen LogP contribution < -0.4 is 15.5 Å². The van der Waals surface area contributed by atoms with E-state index in [1.54, 1.807) is 30.3 Å². The molecule has 0 saturated heterocycles. The number of carbonyl (C=O) groups excluding carboxylic acids is 4. The van der Waals surface area contributed by atoms with E-state index in [9.17, 15) is 19.2 Å². The summed E-state index contributed by atoms with van der Waals surface area (Å²) in [6.07, 6.45) is 0.654. The van der Waals surface area contributed by atoms with E-state index in [0.717, 1.165) is 4.90 Å². The normalized spacial score (nSPS) is 13.1. The van der Waals surface area contributed by atoms with Crippen LogP contribution in [0.1, 0.15) is 34.1 Å². The smallest absolute Gasteiger partial charge is 0.338 e. The van der Waals surface area contributed by atoms with Gasteiger partial charge in [-0.2, -0.15) is 0 Å². The molecule has 3 amide bonds. The number of esters is 1. The molecule has 3 aromatic rings. The van der Waals surface area contributed by atoms with E-state index in [-0.39, 0.29) is 39.2 Å². The molecular weight excluding hydrogens is 553 g/mol. The van der Waals surface area contributed by atoms with Crippen molar-refractivity contribution in [1.29, 1.82) is 0 Å². The second-order valence-electron chi connectivity index (χ2n) is 8.11. The van der Waals surface area contributed by atoms with E-state index in [4.69, 9.17) is 39.5 Å². The predicted octanol–water partition coefficient (Wildman–Crippen LogP) is 6.25. The van der Waals surface area contributed by atoms with Gasteiger partial charge in [0, 0.05) is 16.3 Å². The van der Waals surface area contributed by atoms with Gasteiger partial charge < -0.3 is 15.4 Å². The molecule has 1 heterocycles. The Balaban J connectivity index is 1.52. The van der Waals surface area contributed by atoms with Gasteiger partial charge in [0.05, 0.1) is 28.6 Å². The first kappa shape index (κ1) is 27.2. The second-order valence-corrected chi connectivity index (χ2v) is 9.33. The molecule has 0 fully saturated rings. The van der Waals surface area contributed by atoms with Crippen molar-refractivity contribution in [2.24, 2.45) is 0 Å². The fourth-order valence-electron chi connectivity index (χ4n) is 3.56. The van der Waals surface area contributed by atoms with E-state index < -0.39 is 23.7 Å². The number of halogens is 3. The minimum atomic E-state index is -0.760. The highest BCUT2D eigenvalue weighted by Crippen LogP contribution is 2.31. The summed E-state index contributed by atoms with van der Waals surface area (Å²) >= 11 is 18.3. The van der Waals surface area contributed by atoms with Gasteiger partial charge in [-0.3, -0.25) is 14.4 Å². The SMILES string of the molecule is CCCOC(=O)c1cccc(N2C(=O)C(Cl)=C(Nc3cccc(C(=O)Nc4ccc(Cl)cc4Cl)c3)C2=O)c1. The number of nitrogens with zero attached hydrogens (tertiary/aromatic N) is 1. The maximum Gasteiger partial charge on any atom is 0.338 e. The molecule has 8 nitrogen and oxygen atoms in total. The molecule has 1 aliphatic rings. The number of rotatable bonds is 8. The number of benzene rings is 3. The number of amides is 3. The maximum absolute atomic E-state index is 13.2. The van der Waals surface area contributed by atoms with Crippen LogP contribution >= 0.6 is 34.8 Å². The number of hydrogen-bond acceptors (Lipinski definition) is 6. The Kier molecular flexibility index (Phi) is 8.36. The topological polar surface area (TPSA) is 105 Å². The zero-order valence-electron chi connectivity index (χ0n) is 19.9. The molecule has 194 valence electrons. The molecule has 0 aromatic heterocycles. The quantitative estimate of drug-likeness (QED) is 0.244. The van der Waals surface area contributed by atoms with Gasteiger partial charge in [0.25, 0.3) is 17.7 Å². The number of nitrogens with one attached hydrogen (secondary N) is 2. The van der Waals surface area contributed by atoms with Crippen LogP contribution in [0, 0.1) is 0 Å². The van der Waals surface area contributed by atoms with E-state index in [0.29, 0.717) is 22.8 Å². The monoisotopic (exact) mass is 571 g/mol. The van der Waals surface area contributed by atoms with Crippen LogP contribution in [0.25, 0.3) is 0 Å². The highest BCUT2D eigenvalue weighted by atomic mass is 35.5. The molecule has 0 radical (unpaired) electrons. The molecule has 0 bridgehead atoms. The Hall–Kier alpha value is -3.85. The van der Waals surface area contributed by atoms with Crippen LogP contribution in [0.15, 0.2) is 77.5 Å². The summed E-state index contributed by atoms with van der Waals surface area (Å²) in [5, 5.41) is 5.89. The zero-order chi connectivity index (χ0) is 27.4. The van der Waals surface area contributed by atoms with Crippen LogP contribution in [0.5, 0.6) is 0 Å². The van der Waals surface area contributed by atoms with Crippen LogP contribution in [0.3, 0.4) is 0 Å². The molecule has 0 atom stereocenters. The average molecular weight is 573 g/mol. The van der Waals surface area contributed by atoms with Gasteiger partial charge in [-0.1, -0.05) is 53.9 Å². The minimum absolute atomic E-state index is 0.161. The van der Waals surface area contributed by atoms with Crippen molar-refractivity contribution in [2.45, 2.75) is 13.3 Å². The third-order valence-electron chi connectivity index (χ3n) is 5.38. The van der Waals surface area contributed by atoms with Gasteiger partial charge in [-0.15, -0.1) is 0 Å². The Bertz CT molecular complexity index is 1490. The lowest BCUT2D eigenvalue weighted by Crippen LogP contribution is -2.32.